The molecule has 1 unspecified atom stereocenters. The topological polar surface area (TPSA) is 55.3 Å². The largest absolute Gasteiger partial charge is 0.458 e. The average Bonchev–Trinajstić information content (AvgIpc) is 2.68. The molecule has 0 bridgehead atoms. The Kier molecular flexibility index (Phi) is 6.09. The van der Waals surface area contributed by atoms with Crippen LogP contribution in [0, 0.1) is 11.6 Å². The minimum absolute atomic E-state index is 0.0690. The lowest BCUT2D eigenvalue weighted by Crippen LogP contribution is -2.44. The number of benzene rings is 1. The molecule has 3 rings (SSSR count). The van der Waals surface area contributed by atoms with E-state index in [1.807, 2.05) is 0 Å². The highest BCUT2D eigenvalue weighted by molar-refractivity contribution is 5.91. The summed E-state index contributed by atoms with van der Waals surface area (Å²) < 4.78 is 70.4. The number of nitrogens with zero attached hydrogens (tertiary/aromatic N) is 3. The van der Waals surface area contributed by atoms with Crippen molar-refractivity contribution in [1.29, 1.82) is 0 Å². The molecule has 0 N–H and O–H groups in total. The highest BCUT2D eigenvalue weighted by atomic mass is 19.4. The smallest absolute Gasteiger partial charge is 0.433 e. The van der Waals surface area contributed by atoms with Gasteiger partial charge in [-0.05, 0) is 43.2 Å². The Labute approximate surface area is 162 Å². The van der Waals surface area contributed by atoms with Crippen molar-refractivity contribution < 1.29 is 31.5 Å². The van der Waals surface area contributed by atoms with E-state index in [9.17, 15) is 26.7 Å². The summed E-state index contributed by atoms with van der Waals surface area (Å²) in [5.74, 6) is -1.75. The minimum atomic E-state index is -4.62. The van der Waals surface area contributed by atoms with Crippen molar-refractivity contribution in [2.75, 3.05) is 13.1 Å². The van der Waals surface area contributed by atoms with Crippen LogP contribution >= 0.6 is 0 Å². The first-order valence-corrected chi connectivity index (χ1v) is 8.71. The lowest BCUT2D eigenvalue weighted by Gasteiger charge is -2.31. The van der Waals surface area contributed by atoms with E-state index >= 15 is 0 Å². The Hall–Kier alpha value is -3.04. The molecule has 29 heavy (non-hydrogen) atoms. The summed E-state index contributed by atoms with van der Waals surface area (Å²) in [6.45, 7) is 0.506. The van der Waals surface area contributed by atoms with E-state index in [1.54, 1.807) is 0 Å². The first-order chi connectivity index (χ1) is 13.7. The Morgan fingerprint density at radius 2 is 2.03 bits per heavy atom. The molecule has 0 radical (unpaired) electrons. The van der Waals surface area contributed by atoms with Gasteiger partial charge in [0, 0.05) is 24.4 Å². The van der Waals surface area contributed by atoms with E-state index < -0.39 is 41.5 Å². The zero-order valence-corrected chi connectivity index (χ0v) is 15.0. The molecule has 0 spiro atoms. The van der Waals surface area contributed by atoms with Gasteiger partial charge in [-0.2, -0.15) is 18.2 Å². The van der Waals surface area contributed by atoms with E-state index in [2.05, 4.69) is 9.97 Å². The molecule has 154 valence electrons. The highest BCUT2D eigenvalue weighted by Crippen LogP contribution is 2.28. The first-order valence-electron chi connectivity index (χ1n) is 8.71. The van der Waals surface area contributed by atoms with Gasteiger partial charge < -0.3 is 9.64 Å². The van der Waals surface area contributed by atoms with Gasteiger partial charge in [-0.25, -0.2) is 13.8 Å². The quantitative estimate of drug-likeness (QED) is 0.564. The van der Waals surface area contributed by atoms with Crippen LogP contribution in [0.4, 0.5) is 22.0 Å². The number of amides is 1. The minimum Gasteiger partial charge on any atom is -0.458 e. The van der Waals surface area contributed by atoms with E-state index in [0.29, 0.717) is 19.4 Å². The SMILES string of the molecule is O=C(/C=C/c1cc(F)ccc1F)N1CCCC(Oc2nccc(C(F)(F)F)n2)C1. The number of hydrogen-bond donors (Lipinski definition) is 0. The maximum Gasteiger partial charge on any atom is 0.433 e. The Morgan fingerprint density at radius 1 is 1.24 bits per heavy atom. The molecular formula is C19H16F5N3O2. The number of alkyl halides is 3. The summed E-state index contributed by atoms with van der Waals surface area (Å²) in [5, 5.41) is 0. The maximum atomic E-state index is 13.6. The van der Waals surface area contributed by atoms with Crippen LogP contribution in [0.25, 0.3) is 6.08 Å². The summed E-state index contributed by atoms with van der Waals surface area (Å²) in [6.07, 6.45) is -0.916. The van der Waals surface area contributed by atoms with Crippen molar-refractivity contribution >= 4 is 12.0 Å². The van der Waals surface area contributed by atoms with Gasteiger partial charge in [-0.3, -0.25) is 4.79 Å². The van der Waals surface area contributed by atoms with E-state index in [4.69, 9.17) is 4.74 Å². The standard InChI is InChI=1S/C19H16F5N3O2/c20-13-4-5-15(21)12(10-13)3-6-17(28)27-9-1-2-14(11-27)29-18-25-8-7-16(26-18)19(22,23)24/h3-8,10,14H,1-2,9,11H2/b6-3+. The molecule has 2 heterocycles. The van der Waals surface area contributed by atoms with Crippen LogP contribution in [-0.2, 0) is 11.0 Å². The number of carbonyl (C=O) groups is 1. The normalized spacial score (nSPS) is 17.6. The van der Waals surface area contributed by atoms with Gasteiger partial charge in [-0.15, -0.1) is 0 Å². The third-order valence-electron chi connectivity index (χ3n) is 4.25. The molecule has 5 nitrogen and oxygen atoms in total. The van der Waals surface area contributed by atoms with Gasteiger partial charge in [-0.1, -0.05) is 0 Å². The summed E-state index contributed by atoms with van der Waals surface area (Å²) in [6, 6.07) is 3.21. The second-order valence-corrected chi connectivity index (χ2v) is 6.39. The van der Waals surface area contributed by atoms with E-state index in [0.717, 1.165) is 36.5 Å². The Bertz CT molecular complexity index is 917. The molecule has 1 fully saturated rings. The maximum absolute atomic E-state index is 13.6. The van der Waals surface area contributed by atoms with E-state index in [1.165, 1.54) is 11.0 Å². The molecular weight excluding hydrogens is 397 g/mol. The van der Waals surface area contributed by atoms with Gasteiger partial charge in [0.05, 0.1) is 6.54 Å². The third-order valence-corrected chi connectivity index (χ3v) is 4.25. The number of hydrogen-bond acceptors (Lipinski definition) is 4. The van der Waals surface area contributed by atoms with Crippen molar-refractivity contribution in [3.63, 3.8) is 0 Å². The molecule has 1 saturated heterocycles. The van der Waals surface area contributed by atoms with Crippen molar-refractivity contribution in [2.45, 2.75) is 25.1 Å². The molecule has 1 amide bonds. The number of likely N-dealkylation sites (tertiary alicyclic amines) is 1. The van der Waals surface area contributed by atoms with Crippen LogP contribution < -0.4 is 4.74 Å². The Balaban J connectivity index is 1.64. The molecule has 1 atom stereocenters. The molecule has 0 aliphatic carbocycles. The zero-order chi connectivity index (χ0) is 21.0. The molecule has 1 aromatic carbocycles. The van der Waals surface area contributed by atoms with E-state index in [-0.39, 0.29) is 12.1 Å². The zero-order valence-electron chi connectivity index (χ0n) is 15.0. The van der Waals surface area contributed by atoms with Gasteiger partial charge in [0.15, 0.2) is 5.69 Å². The predicted molar refractivity (Wildman–Crippen MR) is 92.7 cm³/mol. The van der Waals surface area contributed by atoms with Crippen LogP contribution in [-0.4, -0.2) is 40.0 Å². The summed E-state index contributed by atoms with van der Waals surface area (Å²) in [5.41, 5.74) is -1.19. The number of halogens is 5. The van der Waals surface area contributed by atoms with Gasteiger partial charge >= 0.3 is 12.2 Å². The van der Waals surface area contributed by atoms with Crippen molar-refractivity contribution in [3.05, 3.63) is 59.4 Å². The lowest BCUT2D eigenvalue weighted by atomic mass is 10.1. The van der Waals surface area contributed by atoms with Crippen LogP contribution in [0.2, 0.25) is 0 Å². The number of rotatable bonds is 4. The highest BCUT2D eigenvalue weighted by Gasteiger charge is 2.33. The van der Waals surface area contributed by atoms with Crippen molar-refractivity contribution in [1.82, 2.24) is 14.9 Å². The lowest BCUT2D eigenvalue weighted by molar-refractivity contribution is -0.141. The molecule has 1 aliphatic rings. The third kappa shape index (κ3) is 5.49. The molecule has 1 aromatic heterocycles. The molecule has 2 aromatic rings. The summed E-state index contributed by atoms with van der Waals surface area (Å²) in [4.78, 5) is 20.8. The fourth-order valence-electron chi connectivity index (χ4n) is 2.85. The average molecular weight is 413 g/mol. The summed E-state index contributed by atoms with van der Waals surface area (Å²) in [7, 11) is 0. The van der Waals surface area contributed by atoms with Gasteiger partial charge in [0.2, 0.25) is 5.91 Å². The molecule has 1 aliphatic heterocycles. The Morgan fingerprint density at radius 3 is 2.79 bits per heavy atom. The van der Waals surface area contributed by atoms with Crippen LogP contribution in [0.15, 0.2) is 36.5 Å². The van der Waals surface area contributed by atoms with Gasteiger partial charge in [0.25, 0.3) is 0 Å². The number of carbonyl (C=O) groups excluding carboxylic acids is 1. The van der Waals surface area contributed by atoms with Crippen molar-refractivity contribution in [2.24, 2.45) is 0 Å². The fraction of sp³-hybridized carbons (Fsp3) is 0.316. The van der Waals surface area contributed by atoms with Crippen LogP contribution in [0.1, 0.15) is 24.1 Å². The number of piperidine rings is 1. The van der Waals surface area contributed by atoms with Crippen molar-refractivity contribution in [3.8, 4) is 6.01 Å². The van der Waals surface area contributed by atoms with Crippen LogP contribution in [0.5, 0.6) is 6.01 Å². The summed E-state index contributed by atoms with van der Waals surface area (Å²) >= 11 is 0. The second-order valence-electron chi connectivity index (χ2n) is 6.39. The molecule has 0 saturated carbocycles. The second kappa shape index (κ2) is 8.54. The number of aromatic nitrogens is 2. The van der Waals surface area contributed by atoms with Crippen LogP contribution in [0.3, 0.4) is 0 Å². The first kappa shape index (κ1) is 20.7. The predicted octanol–water partition coefficient (Wildman–Crippen LogP) is 3.86. The molecule has 10 heteroatoms. The number of ether oxygens (including phenoxy) is 1. The van der Waals surface area contributed by atoms with Gasteiger partial charge in [0.1, 0.15) is 17.7 Å². The fourth-order valence-corrected chi connectivity index (χ4v) is 2.85. The monoisotopic (exact) mass is 413 g/mol.